The number of hydrogen-bond acceptors (Lipinski definition) is 2. The molecule has 0 saturated heterocycles. The van der Waals surface area contributed by atoms with Crippen LogP contribution in [0.4, 0.5) is 0 Å². The van der Waals surface area contributed by atoms with Crippen molar-refractivity contribution in [3.8, 4) is 0 Å². The van der Waals surface area contributed by atoms with Gasteiger partial charge in [-0.05, 0) is 0 Å². The van der Waals surface area contributed by atoms with Gasteiger partial charge in [0.1, 0.15) is 0 Å². The zero-order valence-electron chi connectivity index (χ0n) is 5.89. The molecular formula is C7H12O2. The summed E-state index contributed by atoms with van der Waals surface area (Å²) in [4.78, 5) is 0. The van der Waals surface area contributed by atoms with Gasteiger partial charge in [-0.1, -0.05) is 12.7 Å². The number of hydrogen-bond donors (Lipinski definition) is 0. The molecule has 9 heavy (non-hydrogen) atoms. The highest BCUT2D eigenvalue weighted by Crippen LogP contribution is 1.94. The van der Waals surface area contributed by atoms with E-state index in [1.54, 1.807) is 26.6 Å². The molecule has 0 aliphatic rings. The van der Waals surface area contributed by atoms with Crippen molar-refractivity contribution in [2.24, 2.45) is 0 Å². The Balaban J connectivity index is 3.66. The van der Waals surface area contributed by atoms with E-state index in [0.29, 0.717) is 6.61 Å². The van der Waals surface area contributed by atoms with Gasteiger partial charge < -0.3 is 9.47 Å². The van der Waals surface area contributed by atoms with E-state index in [0.717, 1.165) is 5.57 Å². The van der Waals surface area contributed by atoms with Crippen LogP contribution in [0.25, 0.3) is 0 Å². The van der Waals surface area contributed by atoms with Crippen LogP contribution in [0.1, 0.15) is 0 Å². The molecule has 0 aromatic heterocycles. The van der Waals surface area contributed by atoms with Crippen LogP contribution in [0.5, 0.6) is 0 Å². The van der Waals surface area contributed by atoms with Gasteiger partial charge in [-0.15, -0.1) is 0 Å². The quantitative estimate of drug-likeness (QED) is 0.420. The Labute approximate surface area is 55.8 Å². The molecule has 0 unspecified atom stereocenters. The maximum Gasteiger partial charge on any atom is 0.0879 e. The lowest BCUT2D eigenvalue weighted by Crippen LogP contribution is -1.90. The lowest BCUT2D eigenvalue weighted by Gasteiger charge is -1.97. The van der Waals surface area contributed by atoms with Crippen molar-refractivity contribution >= 4 is 0 Å². The molecule has 0 aliphatic carbocycles. The van der Waals surface area contributed by atoms with Crippen molar-refractivity contribution in [1.29, 1.82) is 0 Å². The Morgan fingerprint density at radius 1 is 1.56 bits per heavy atom. The van der Waals surface area contributed by atoms with Crippen LogP contribution >= 0.6 is 0 Å². The van der Waals surface area contributed by atoms with Crippen LogP contribution in [0, 0.1) is 0 Å². The highest BCUT2D eigenvalue weighted by molar-refractivity contribution is 5.13. The predicted octanol–water partition coefficient (Wildman–Crippen LogP) is 1.35. The average Bonchev–Trinajstić information content (AvgIpc) is 1.88. The molecule has 0 heterocycles. The van der Waals surface area contributed by atoms with Crippen LogP contribution in [-0.2, 0) is 9.47 Å². The highest BCUT2D eigenvalue weighted by Gasteiger charge is 1.86. The molecule has 0 aromatic carbocycles. The molecule has 0 rings (SSSR count). The zero-order chi connectivity index (χ0) is 7.11. The Bertz CT molecular complexity index is 105. The maximum absolute atomic E-state index is 4.83. The van der Waals surface area contributed by atoms with E-state index < -0.39 is 0 Å². The lowest BCUT2D eigenvalue weighted by molar-refractivity contribution is 0.222. The predicted molar refractivity (Wildman–Crippen MR) is 37.2 cm³/mol. The van der Waals surface area contributed by atoms with Gasteiger partial charge in [0.25, 0.3) is 0 Å². The first-order valence-corrected chi connectivity index (χ1v) is 2.68. The topological polar surface area (TPSA) is 18.5 Å². The van der Waals surface area contributed by atoms with Gasteiger partial charge in [-0.25, -0.2) is 0 Å². The zero-order valence-corrected chi connectivity index (χ0v) is 5.89. The summed E-state index contributed by atoms with van der Waals surface area (Å²) in [6.45, 7) is 4.12. The second-order valence-corrected chi connectivity index (χ2v) is 1.57. The molecule has 0 radical (unpaired) electrons. The fraction of sp³-hybridized carbons (Fsp3) is 0.429. The van der Waals surface area contributed by atoms with Gasteiger partial charge in [-0.3, -0.25) is 0 Å². The fourth-order valence-electron chi connectivity index (χ4n) is 0.459. The summed E-state index contributed by atoms with van der Waals surface area (Å²) in [5, 5.41) is 0. The van der Waals surface area contributed by atoms with Gasteiger partial charge in [0.2, 0.25) is 0 Å². The number of methoxy groups -OCH3 is 2. The van der Waals surface area contributed by atoms with Crippen LogP contribution in [0.15, 0.2) is 24.5 Å². The van der Waals surface area contributed by atoms with E-state index in [2.05, 4.69) is 6.58 Å². The van der Waals surface area contributed by atoms with Gasteiger partial charge in [0.05, 0.1) is 20.0 Å². The van der Waals surface area contributed by atoms with Crippen molar-refractivity contribution in [2.75, 3.05) is 20.8 Å². The van der Waals surface area contributed by atoms with Crippen molar-refractivity contribution in [2.45, 2.75) is 0 Å². The third-order valence-electron chi connectivity index (χ3n) is 0.842. The van der Waals surface area contributed by atoms with E-state index in [9.17, 15) is 0 Å². The molecule has 0 N–H and O–H groups in total. The molecular weight excluding hydrogens is 116 g/mol. The first-order valence-electron chi connectivity index (χ1n) is 2.68. The van der Waals surface area contributed by atoms with E-state index in [1.165, 1.54) is 0 Å². The molecule has 2 nitrogen and oxygen atoms in total. The molecule has 0 aromatic rings. The van der Waals surface area contributed by atoms with Crippen LogP contribution < -0.4 is 0 Å². The minimum atomic E-state index is 0.553. The molecule has 0 fully saturated rings. The normalized spacial score (nSPS) is 11.1. The van der Waals surface area contributed by atoms with Crippen molar-refractivity contribution in [1.82, 2.24) is 0 Å². The highest BCUT2D eigenvalue weighted by atomic mass is 16.5. The van der Waals surface area contributed by atoms with Crippen molar-refractivity contribution < 1.29 is 9.47 Å². The maximum atomic E-state index is 4.83. The fourth-order valence-corrected chi connectivity index (χ4v) is 0.459. The average molecular weight is 128 g/mol. The Kier molecular flexibility index (Phi) is 4.92. The van der Waals surface area contributed by atoms with Gasteiger partial charge in [0.15, 0.2) is 0 Å². The van der Waals surface area contributed by atoms with Crippen LogP contribution in [0.2, 0.25) is 0 Å². The Morgan fingerprint density at radius 3 is 2.56 bits per heavy atom. The van der Waals surface area contributed by atoms with Gasteiger partial charge >= 0.3 is 0 Å². The molecule has 0 spiro atoms. The molecule has 0 atom stereocenters. The van der Waals surface area contributed by atoms with E-state index in [-0.39, 0.29) is 0 Å². The summed E-state index contributed by atoms with van der Waals surface area (Å²) in [5.41, 5.74) is 0.944. The van der Waals surface area contributed by atoms with Crippen molar-refractivity contribution in [3.05, 3.63) is 24.5 Å². The summed E-state index contributed by atoms with van der Waals surface area (Å²) < 4.78 is 9.56. The third kappa shape index (κ3) is 3.79. The minimum absolute atomic E-state index is 0.553. The SMILES string of the molecule is C=C/C(=C/OC)COC. The molecule has 52 valence electrons. The van der Waals surface area contributed by atoms with Gasteiger partial charge in [0, 0.05) is 12.7 Å². The van der Waals surface area contributed by atoms with Crippen LogP contribution in [-0.4, -0.2) is 20.8 Å². The van der Waals surface area contributed by atoms with E-state index >= 15 is 0 Å². The second-order valence-electron chi connectivity index (χ2n) is 1.57. The Morgan fingerprint density at radius 2 is 2.22 bits per heavy atom. The molecule has 2 heteroatoms. The minimum Gasteiger partial charge on any atom is -0.504 e. The summed E-state index contributed by atoms with van der Waals surface area (Å²) in [7, 11) is 3.23. The second kappa shape index (κ2) is 5.38. The summed E-state index contributed by atoms with van der Waals surface area (Å²) in [5.74, 6) is 0. The summed E-state index contributed by atoms with van der Waals surface area (Å²) >= 11 is 0. The van der Waals surface area contributed by atoms with Gasteiger partial charge in [-0.2, -0.15) is 0 Å². The lowest BCUT2D eigenvalue weighted by atomic mass is 10.3. The third-order valence-corrected chi connectivity index (χ3v) is 0.842. The summed E-state index contributed by atoms with van der Waals surface area (Å²) in [6, 6.07) is 0. The Hall–Kier alpha value is -0.760. The molecule has 0 bridgehead atoms. The molecule has 0 saturated carbocycles. The van der Waals surface area contributed by atoms with Crippen LogP contribution in [0.3, 0.4) is 0 Å². The largest absolute Gasteiger partial charge is 0.504 e. The first kappa shape index (κ1) is 8.24. The monoisotopic (exact) mass is 128 g/mol. The summed E-state index contributed by atoms with van der Waals surface area (Å²) in [6.07, 6.45) is 3.31. The number of rotatable bonds is 4. The standard InChI is InChI=1S/C7H12O2/c1-4-7(5-8-2)6-9-3/h4-5H,1,6H2,2-3H3/b7-5-. The smallest absolute Gasteiger partial charge is 0.0879 e. The van der Waals surface area contributed by atoms with E-state index in [1.807, 2.05) is 0 Å². The molecule has 0 amide bonds. The van der Waals surface area contributed by atoms with E-state index in [4.69, 9.17) is 9.47 Å². The molecule has 0 aliphatic heterocycles. The number of ether oxygens (including phenoxy) is 2. The first-order chi connectivity index (χ1) is 4.35. The van der Waals surface area contributed by atoms with Crippen molar-refractivity contribution in [3.63, 3.8) is 0 Å².